The number of carbonyl (C=O) groups is 2. The minimum atomic E-state index is -0.724. The number of carbonyl (C=O) groups excluding carboxylic acids is 2. The molecule has 0 saturated carbocycles. The number of esters is 1. The lowest BCUT2D eigenvalue weighted by molar-refractivity contribution is -0.143. The van der Waals surface area contributed by atoms with Crippen LogP contribution in [0.15, 0.2) is 12.2 Å². The Labute approximate surface area is 138 Å². The van der Waals surface area contributed by atoms with Crippen LogP contribution >= 0.6 is 0 Å². The van der Waals surface area contributed by atoms with E-state index in [0.717, 1.165) is 0 Å². The fourth-order valence-electron chi connectivity index (χ4n) is 2.33. The quantitative estimate of drug-likeness (QED) is 0.573. The van der Waals surface area contributed by atoms with Crippen LogP contribution < -0.4 is 0 Å². The second-order valence-corrected chi connectivity index (χ2v) is 6.95. The first kappa shape index (κ1) is 19.5. The molecule has 1 fully saturated rings. The van der Waals surface area contributed by atoms with E-state index in [1.165, 1.54) is 0 Å². The first-order valence-corrected chi connectivity index (χ1v) is 8.05. The Bertz CT molecular complexity index is 450. The van der Waals surface area contributed by atoms with Crippen molar-refractivity contribution in [3.05, 3.63) is 12.2 Å². The van der Waals surface area contributed by atoms with Crippen molar-refractivity contribution in [1.82, 2.24) is 4.90 Å². The minimum absolute atomic E-state index is 0.206. The summed E-state index contributed by atoms with van der Waals surface area (Å²) in [4.78, 5) is 25.3. The van der Waals surface area contributed by atoms with E-state index in [1.54, 1.807) is 11.8 Å². The average molecular weight is 327 g/mol. The van der Waals surface area contributed by atoms with Crippen molar-refractivity contribution < 1.29 is 23.8 Å². The van der Waals surface area contributed by atoms with Gasteiger partial charge in [-0.05, 0) is 48.0 Å². The number of rotatable bonds is 5. The molecule has 1 rings (SSSR count). The largest absolute Gasteiger partial charge is 0.466 e. The molecular formula is C17H29NO5. The molecule has 1 aliphatic heterocycles. The highest BCUT2D eigenvalue weighted by molar-refractivity contribution is 5.70. The number of hydrogen-bond donors (Lipinski definition) is 0. The van der Waals surface area contributed by atoms with Crippen LogP contribution in [-0.2, 0) is 19.0 Å². The van der Waals surface area contributed by atoms with Crippen LogP contribution in [0.2, 0.25) is 0 Å². The highest BCUT2D eigenvalue weighted by Crippen LogP contribution is 2.30. The lowest BCUT2D eigenvalue weighted by Crippen LogP contribution is -2.49. The van der Waals surface area contributed by atoms with Crippen molar-refractivity contribution in [2.45, 2.75) is 71.8 Å². The number of hydrogen-bond acceptors (Lipinski definition) is 5. The predicted octanol–water partition coefficient (Wildman–Crippen LogP) is 3.26. The van der Waals surface area contributed by atoms with Gasteiger partial charge in [-0.25, -0.2) is 4.79 Å². The van der Waals surface area contributed by atoms with E-state index in [0.29, 0.717) is 26.1 Å². The fraction of sp³-hybridized carbons (Fsp3) is 0.765. The van der Waals surface area contributed by atoms with Crippen molar-refractivity contribution >= 4 is 12.1 Å². The summed E-state index contributed by atoms with van der Waals surface area (Å²) in [6, 6.07) is -0.206. The molecular weight excluding hydrogens is 298 g/mol. The first-order valence-electron chi connectivity index (χ1n) is 8.05. The number of nitrogens with zero attached hydrogens (tertiary/aromatic N) is 1. The molecule has 1 saturated heterocycles. The highest BCUT2D eigenvalue weighted by Gasteiger charge is 2.44. The average Bonchev–Trinajstić information content (AvgIpc) is 2.68. The lowest BCUT2D eigenvalue weighted by Gasteiger charge is -2.34. The van der Waals surface area contributed by atoms with Crippen LogP contribution in [-0.4, -0.2) is 47.5 Å². The zero-order valence-electron chi connectivity index (χ0n) is 15.0. The van der Waals surface area contributed by atoms with Crippen LogP contribution in [0.4, 0.5) is 4.79 Å². The van der Waals surface area contributed by atoms with E-state index in [1.807, 2.05) is 46.8 Å². The third-order valence-electron chi connectivity index (χ3n) is 3.29. The van der Waals surface area contributed by atoms with Crippen LogP contribution in [0.5, 0.6) is 0 Å². The Morgan fingerprint density at radius 2 is 2.00 bits per heavy atom. The Balaban J connectivity index is 2.66. The second-order valence-electron chi connectivity index (χ2n) is 6.95. The minimum Gasteiger partial charge on any atom is -0.466 e. The van der Waals surface area contributed by atoms with Gasteiger partial charge in [0.25, 0.3) is 0 Å². The third-order valence-corrected chi connectivity index (χ3v) is 3.29. The molecule has 132 valence electrons. The predicted molar refractivity (Wildman–Crippen MR) is 86.9 cm³/mol. The van der Waals surface area contributed by atoms with E-state index in [-0.39, 0.29) is 12.0 Å². The third kappa shape index (κ3) is 6.22. The van der Waals surface area contributed by atoms with Gasteiger partial charge in [0, 0.05) is 6.42 Å². The molecule has 0 radical (unpaired) electrons. The number of ether oxygens (including phenoxy) is 3. The summed E-state index contributed by atoms with van der Waals surface area (Å²) in [5.74, 6) is -0.218. The van der Waals surface area contributed by atoms with Crippen LogP contribution in [0.1, 0.15) is 54.4 Å². The van der Waals surface area contributed by atoms with Gasteiger partial charge in [0.05, 0.1) is 19.3 Å². The summed E-state index contributed by atoms with van der Waals surface area (Å²) in [6.45, 7) is 11.7. The Morgan fingerprint density at radius 1 is 1.35 bits per heavy atom. The van der Waals surface area contributed by atoms with Gasteiger partial charge in [0.1, 0.15) is 11.3 Å². The summed E-state index contributed by atoms with van der Waals surface area (Å²) in [7, 11) is 0. The zero-order chi connectivity index (χ0) is 17.7. The Morgan fingerprint density at radius 3 is 2.57 bits per heavy atom. The molecule has 0 aromatic rings. The van der Waals surface area contributed by atoms with Crippen molar-refractivity contribution in [2.24, 2.45) is 0 Å². The normalized spacial score (nSPS) is 20.8. The summed E-state index contributed by atoms with van der Waals surface area (Å²) < 4.78 is 16.0. The van der Waals surface area contributed by atoms with Gasteiger partial charge in [-0.15, -0.1) is 0 Å². The summed E-state index contributed by atoms with van der Waals surface area (Å²) in [5, 5.41) is 0. The van der Waals surface area contributed by atoms with Gasteiger partial charge in [-0.1, -0.05) is 12.2 Å². The Kier molecular flexibility index (Phi) is 6.62. The van der Waals surface area contributed by atoms with E-state index in [9.17, 15) is 9.59 Å². The molecule has 6 heteroatoms. The second kappa shape index (κ2) is 7.81. The first-order chi connectivity index (χ1) is 10.6. The van der Waals surface area contributed by atoms with E-state index in [4.69, 9.17) is 14.2 Å². The smallest absolute Gasteiger partial charge is 0.413 e. The van der Waals surface area contributed by atoms with Crippen molar-refractivity contribution in [3.8, 4) is 0 Å². The van der Waals surface area contributed by atoms with Gasteiger partial charge in [-0.2, -0.15) is 0 Å². The molecule has 0 aliphatic carbocycles. The van der Waals surface area contributed by atoms with Gasteiger partial charge < -0.3 is 14.2 Å². The molecule has 0 unspecified atom stereocenters. The number of allylic oxidation sites excluding steroid dienone is 1. The SMILES string of the molecule is CCOC(=O)CC/C=C/[C@H]1COC(C)(C)N1C(=O)OC(C)(C)C. The van der Waals surface area contributed by atoms with Crippen molar-refractivity contribution in [2.75, 3.05) is 13.2 Å². The van der Waals surface area contributed by atoms with E-state index >= 15 is 0 Å². The molecule has 0 bridgehead atoms. The summed E-state index contributed by atoms with van der Waals surface area (Å²) >= 11 is 0. The standard InChI is InChI=1S/C17H29NO5/c1-7-21-14(19)11-9-8-10-13-12-22-17(5,6)18(13)15(20)23-16(2,3)4/h8,10,13H,7,9,11-12H2,1-6H3/b10-8+/t13-/m0/s1. The van der Waals surface area contributed by atoms with Crippen LogP contribution in [0.25, 0.3) is 0 Å². The molecule has 1 aliphatic rings. The maximum absolute atomic E-state index is 12.4. The van der Waals surface area contributed by atoms with E-state index < -0.39 is 17.4 Å². The van der Waals surface area contributed by atoms with Gasteiger partial charge >= 0.3 is 12.1 Å². The van der Waals surface area contributed by atoms with Crippen LogP contribution in [0.3, 0.4) is 0 Å². The molecule has 1 heterocycles. The molecule has 23 heavy (non-hydrogen) atoms. The zero-order valence-corrected chi connectivity index (χ0v) is 15.0. The van der Waals surface area contributed by atoms with Gasteiger partial charge in [0.15, 0.2) is 0 Å². The summed E-state index contributed by atoms with van der Waals surface area (Å²) in [5.41, 5.74) is -1.29. The maximum Gasteiger partial charge on any atom is 0.413 e. The maximum atomic E-state index is 12.4. The fourth-order valence-corrected chi connectivity index (χ4v) is 2.33. The van der Waals surface area contributed by atoms with Crippen molar-refractivity contribution in [3.63, 3.8) is 0 Å². The summed E-state index contributed by atoms with van der Waals surface area (Å²) in [6.07, 6.45) is 4.26. The molecule has 6 nitrogen and oxygen atoms in total. The topological polar surface area (TPSA) is 65.1 Å². The lowest BCUT2D eigenvalue weighted by atomic mass is 10.1. The number of amides is 1. The highest BCUT2D eigenvalue weighted by atomic mass is 16.6. The van der Waals surface area contributed by atoms with Crippen molar-refractivity contribution in [1.29, 1.82) is 0 Å². The Hall–Kier alpha value is -1.56. The molecule has 0 aromatic heterocycles. The van der Waals surface area contributed by atoms with Gasteiger partial charge in [0.2, 0.25) is 0 Å². The van der Waals surface area contributed by atoms with Gasteiger partial charge in [-0.3, -0.25) is 9.69 Å². The molecule has 0 aromatic carbocycles. The molecule has 0 N–H and O–H groups in total. The van der Waals surface area contributed by atoms with Crippen LogP contribution in [0, 0.1) is 0 Å². The molecule has 1 atom stereocenters. The molecule has 0 spiro atoms. The van der Waals surface area contributed by atoms with E-state index in [2.05, 4.69) is 0 Å². The molecule has 1 amide bonds. The monoisotopic (exact) mass is 327 g/mol.